The number of rotatable bonds is 6. The summed E-state index contributed by atoms with van der Waals surface area (Å²) in [7, 11) is 0. The predicted octanol–water partition coefficient (Wildman–Crippen LogP) is 2.63. The van der Waals surface area contributed by atoms with Crippen molar-refractivity contribution in [3.05, 3.63) is 65.0 Å². The van der Waals surface area contributed by atoms with Gasteiger partial charge in [-0.25, -0.2) is 9.18 Å². The topological polar surface area (TPSA) is 92.8 Å². The Morgan fingerprint density at radius 1 is 1.07 bits per heavy atom. The number of imide groups is 1. The normalized spacial score (nSPS) is 12.7. The third-order valence-electron chi connectivity index (χ3n) is 4.19. The van der Waals surface area contributed by atoms with Crippen molar-refractivity contribution in [1.82, 2.24) is 4.90 Å². The van der Waals surface area contributed by atoms with Crippen molar-refractivity contribution in [2.24, 2.45) is 0 Å². The van der Waals surface area contributed by atoms with Crippen LogP contribution in [0, 0.1) is 5.82 Å². The molecule has 0 aromatic heterocycles. The van der Waals surface area contributed by atoms with Crippen LogP contribution < -0.4 is 5.32 Å². The van der Waals surface area contributed by atoms with E-state index in [1.807, 2.05) is 0 Å². The van der Waals surface area contributed by atoms with Gasteiger partial charge >= 0.3 is 5.97 Å². The number of hydrogen-bond acceptors (Lipinski definition) is 5. The van der Waals surface area contributed by atoms with Crippen LogP contribution in [0.3, 0.4) is 0 Å². The Hall–Kier alpha value is -3.55. The average molecular weight is 384 g/mol. The lowest BCUT2D eigenvalue weighted by Gasteiger charge is -2.13. The van der Waals surface area contributed by atoms with Crippen LogP contribution in [0.1, 0.15) is 44.4 Å². The van der Waals surface area contributed by atoms with Crippen LogP contribution in [0.2, 0.25) is 0 Å². The van der Waals surface area contributed by atoms with E-state index in [0.717, 1.165) is 11.0 Å². The highest BCUT2D eigenvalue weighted by molar-refractivity contribution is 6.21. The van der Waals surface area contributed by atoms with Gasteiger partial charge in [0.15, 0.2) is 0 Å². The molecule has 0 bridgehead atoms. The first-order valence-electron chi connectivity index (χ1n) is 8.64. The first-order chi connectivity index (χ1) is 13.4. The molecule has 7 nitrogen and oxygen atoms in total. The lowest BCUT2D eigenvalue weighted by molar-refractivity contribution is -0.116. The van der Waals surface area contributed by atoms with Gasteiger partial charge in [-0.1, -0.05) is 6.07 Å². The molecule has 144 valence electrons. The zero-order valence-corrected chi connectivity index (χ0v) is 15.0. The molecular formula is C20H17FN2O5. The highest BCUT2D eigenvalue weighted by Crippen LogP contribution is 2.25. The summed E-state index contributed by atoms with van der Waals surface area (Å²) in [6, 6.07) is 9.96. The molecule has 2 aromatic rings. The van der Waals surface area contributed by atoms with Crippen LogP contribution in [0.25, 0.3) is 0 Å². The van der Waals surface area contributed by atoms with Crippen molar-refractivity contribution in [3.63, 3.8) is 0 Å². The molecule has 1 aliphatic rings. The first-order valence-corrected chi connectivity index (χ1v) is 8.64. The number of ether oxygens (including phenoxy) is 1. The summed E-state index contributed by atoms with van der Waals surface area (Å²) in [4.78, 5) is 49.1. The van der Waals surface area contributed by atoms with Crippen molar-refractivity contribution < 1.29 is 28.3 Å². The van der Waals surface area contributed by atoms with Crippen LogP contribution in [0.15, 0.2) is 42.5 Å². The van der Waals surface area contributed by atoms with Crippen molar-refractivity contribution >= 4 is 29.4 Å². The van der Waals surface area contributed by atoms with Gasteiger partial charge in [0.2, 0.25) is 5.91 Å². The molecule has 0 fully saturated rings. The maximum atomic E-state index is 13.8. The van der Waals surface area contributed by atoms with E-state index in [0.29, 0.717) is 11.3 Å². The summed E-state index contributed by atoms with van der Waals surface area (Å²) in [5, 5.41) is 2.61. The van der Waals surface area contributed by atoms with E-state index < -0.39 is 29.5 Å². The van der Waals surface area contributed by atoms with Gasteiger partial charge in [-0.2, -0.15) is 0 Å². The number of carbonyl (C=O) groups excluding carboxylic acids is 4. The maximum Gasteiger partial charge on any atom is 0.338 e. The lowest BCUT2D eigenvalue weighted by atomic mass is 10.1. The third kappa shape index (κ3) is 3.75. The SMILES string of the molecule is CCOC(=O)c1ccc(NC(=O)CCN2C(=O)c3cccc(F)c3C2=O)cc1. The number of halogens is 1. The fraction of sp³-hybridized carbons (Fsp3) is 0.200. The maximum absolute atomic E-state index is 13.8. The lowest BCUT2D eigenvalue weighted by Crippen LogP contribution is -2.33. The summed E-state index contributed by atoms with van der Waals surface area (Å²) in [5.74, 6) is -3.01. The molecule has 0 atom stereocenters. The number of benzene rings is 2. The standard InChI is InChI=1S/C20H17FN2O5/c1-2-28-20(27)12-6-8-13(9-7-12)22-16(24)10-11-23-18(25)14-4-3-5-15(21)17(14)19(23)26/h3-9H,2,10-11H2,1H3,(H,22,24). The molecule has 0 saturated heterocycles. The van der Waals surface area contributed by atoms with Crippen molar-refractivity contribution in [2.45, 2.75) is 13.3 Å². The fourth-order valence-corrected chi connectivity index (χ4v) is 2.84. The highest BCUT2D eigenvalue weighted by Gasteiger charge is 2.37. The number of amides is 3. The molecule has 8 heteroatoms. The summed E-state index contributed by atoms with van der Waals surface area (Å²) < 4.78 is 18.7. The Morgan fingerprint density at radius 3 is 2.43 bits per heavy atom. The van der Waals surface area contributed by atoms with E-state index in [4.69, 9.17) is 4.74 Å². The molecular weight excluding hydrogens is 367 g/mol. The second-order valence-electron chi connectivity index (χ2n) is 6.02. The fourth-order valence-electron chi connectivity index (χ4n) is 2.84. The van der Waals surface area contributed by atoms with Crippen LogP contribution in [-0.2, 0) is 9.53 Å². The third-order valence-corrected chi connectivity index (χ3v) is 4.19. The minimum absolute atomic E-state index is 0.0000349. The minimum Gasteiger partial charge on any atom is -0.462 e. The Kier molecular flexibility index (Phi) is 5.49. The summed E-state index contributed by atoms with van der Waals surface area (Å²) >= 11 is 0. The number of fused-ring (bicyclic) bond motifs is 1. The number of hydrogen-bond donors (Lipinski definition) is 1. The van der Waals surface area contributed by atoms with E-state index in [1.54, 1.807) is 19.1 Å². The molecule has 3 amide bonds. The zero-order chi connectivity index (χ0) is 20.3. The van der Waals surface area contributed by atoms with Gasteiger partial charge in [-0.3, -0.25) is 19.3 Å². The molecule has 0 spiro atoms. The van der Waals surface area contributed by atoms with Crippen LogP contribution in [-0.4, -0.2) is 41.7 Å². The molecule has 0 saturated carbocycles. The van der Waals surface area contributed by atoms with Gasteiger partial charge in [0.25, 0.3) is 11.8 Å². The van der Waals surface area contributed by atoms with Crippen molar-refractivity contribution in [2.75, 3.05) is 18.5 Å². The van der Waals surface area contributed by atoms with Crippen LogP contribution >= 0.6 is 0 Å². The summed E-state index contributed by atoms with van der Waals surface area (Å²) in [5.41, 5.74) is 0.543. The van der Waals surface area contributed by atoms with E-state index >= 15 is 0 Å². The second kappa shape index (κ2) is 7.99. The van der Waals surface area contributed by atoms with Gasteiger partial charge in [0.1, 0.15) is 5.82 Å². The van der Waals surface area contributed by atoms with Crippen molar-refractivity contribution in [1.29, 1.82) is 0 Å². The monoisotopic (exact) mass is 384 g/mol. The van der Waals surface area contributed by atoms with Gasteiger partial charge in [0, 0.05) is 18.7 Å². The van der Waals surface area contributed by atoms with E-state index in [9.17, 15) is 23.6 Å². The Bertz CT molecular complexity index is 956. The van der Waals surface area contributed by atoms with Crippen molar-refractivity contribution in [3.8, 4) is 0 Å². The van der Waals surface area contributed by atoms with Gasteiger partial charge in [-0.05, 0) is 43.3 Å². The van der Waals surface area contributed by atoms with E-state index in [2.05, 4.69) is 5.32 Å². The molecule has 1 N–H and O–H groups in total. The summed E-state index contributed by atoms with van der Waals surface area (Å²) in [6.45, 7) is 1.80. The van der Waals surface area contributed by atoms with E-state index in [-0.39, 0.29) is 30.7 Å². The molecule has 0 radical (unpaired) electrons. The molecule has 0 aliphatic carbocycles. The number of esters is 1. The molecule has 1 heterocycles. The molecule has 1 aliphatic heterocycles. The highest BCUT2D eigenvalue weighted by atomic mass is 19.1. The van der Waals surface area contributed by atoms with Gasteiger partial charge in [0.05, 0.1) is 23.3 Å². The Balaban J connectivity index is 1.58. The zero-order valence-electron chi connectivity index (χ0n) is 15.0. The average Bonchev–Trinajstić information content (AvgIpc) is 2.92. The quantitative estimate of drug-likeness (QED) is 0.611. The van der Waals surface area contributed by atoms with Crippen LogP contribution in [0.4, 0.5) is 10.1 Å². The first kappa shape index (κ1) is 19.2. The molecule has 28 heavy (non-hydrogen) atoms. The number of carbonyl (C=O) groups is 4. The number of anilines is 1. The Labute approximate surface area is 160 Å². The largest absolute Gasteiger partial charge is 0.462 e. The van der Waals surface area contributed by atoms with Gasteiger partial charge < -0.3 is 10.1 Å². The Morgan fingerprint density at radius 2 is 1.79 bits per heavy atom. The number of nitrogens with one attached hydrogen (secondary N) is 1. The number of nitrogens with zero attached hydrogens (tertiary/aromatic N) is 1. The second-order valence-corrected chi connectivity index (χ2v) is 6.02. The predicted molar refractivity (Wildman–Crippen MR) is 97.4 cm³/mol. The molecule has 0 unspecified atom stereocenters. The van der Waals surface area contributed by atoms with Gasteiger partial charge in [-0.15, -0.1) is 0 Å². The minimum atomic E-state index is -0.760. The molecule has 3 rings (SSSR count). The smallest absolute Gasteiger partial charge is 0.338 e. The van der Waals surface area contributed by atoms with E-state index in [1.165, 1.54) is 24.3 Å². The van der Waals surface area contributed by atoms with Crippen LogP contribution in [0.5, 0.6) is 0 Å². The summed E-state index contributed by atoms with van der Waals surface area (Å²) in [6.07, 6.45) is -0.146. The molecule has 2 aromatic carbocycles.